The Morgan fingerprint density at radius 3 is 2.59 bits per heavy atom. The maximum absolute atomic E-state index is 14.4. The van der Waals surface area contributed by atoms with E-state index in [0.29, 0.717) is 16.6 Å². The molecule has 34 heavy (non-hydrogen) atoms. The Kier molecular flexibility index (Phi) is 7.33. The van der Waals surface area contributed by atoms with Gasteiger partial charge in [0.25, 0.3) is 5.91 Å². The molecule has 7 heteroatoms. The first-order chi connectivity index (χ1) is 16.4. The fourth-order valence-electron chi connectivity index (χ4n) is 4.77. The predicted molar refractivity (Wildman–Crippen MR) is 131 cm³/mol. The topological polar surface area (TPSA) is 73.2 Å². The van der Waals surface area contributed by atoms with Crippen LogP contribution < -0.4 is 5.32 Å². The third-order valence-corrected chi connectivity index (χ3v) is 7.02. The fourth-order valence-corrected chi connectivity index (χ4v) is 5.00. The predicted octanol–water partition coefficient (Wildman–Crippen LogP) is 6.11. The van der Waals surface area contributed by atoms with Crippen molar-refractivity contribution in [2.45, 2.75) is 45.4 Å². The Morgan fingerprint density at radius 1 is 1.21 bits per heavy atom. The number of carbonyl (C=O) groups is 2. The van der Waals surface area contributed by atoms with Crippen molar-refractivity contribution in [2.75, 3.05) is 18.4 Å². The van der Waals surface area contributed by atoms with E-state index < -0.39 is 11.7 Å². The summed E-state index contributed by atoms with van der Waals surface area (Å²) in [6, 6.07) is 9.36. The number of anilines is 1. The molecule has 176 valence electrons. The normalized spacial score (nSPS) is 16.3. The Balaban J connectivity index is 1.49. The molecule has 1 saturated heterocycles. The lowest BCUT2D eigenvalue weighted by atomic mass is 9.96. The minimum Gasteiger partial charge on any atom is -0.342 e. The van der Waals surface area contributed by atoms with Crippen LogP contribution in [0.4, 0.5) is 10.1 Å². The van der Waals surface area contributed by atoms with E-state index in [9.17, 15) is 14.0 Å². The van der Waals surface area contributed by atoms with Crippen LogP contribution in [0.15, 0.2) is 35.9 Å². The largest absolute Gasteiger partial charge is 0.342 e. The van der Waals surface area contributed by atoms with Gasteiger partial charge in [-0.3, -0.25) is 9.59 Å². The molecule has 1 aliphatic heterocycles. The molecule has 1 heterocycles. The second-order valence-corrected chi connectivity index (χ2v) is 9.45. The van der Waals surface area contributed by atoms with Crippen LogP contribution in [-0.2, 0) is 4.79 Å². The van der Waals surface area contributed by atoms with Gasteiger partial charge in [0, 0.05) is 29.7 Å². The van der Waals surface area contributed by atoms with Gasteiger partial charge in [-0.15, -0.1) is 0 Å². The third kappa shape index (κ3) is 5.15. The molecule has 0 spiro atoms. The average molecular weight is 480 g/mol. The highest BCUT2D eigenvalue weighted by molar-refractivity contribution is 6.31. The molecular weight excluding hydrogens is 453 g/mol. The highest BCUT2D eigenvalue weighted by atomic mass is 35.5. The first-order valence-electron chi connectivity index (χ1n) is 11.7. The number of hydrogen-bond acceptors (Lipinski definition) is 3. The van der Waals surface area contributed by atoms with Crippen LogP contribution in [0.3, 0.4) is 0 Å². The smallest absolute Gasteiger partial charge is 0.258 e. The monoisotopic (exact) mass is 479 g/mol. The van der Waals surface area contributed by atoms with Gasteiger partial charge in [-0.1, -0.05) is 42.2 Å². The van der Waals surface area contributed by atoms with Crippen LogP contribution >= 0.6 is 11.6 Å². The van der Waals surface area contributed by atoms with E-state index in [4.69, 9.17) is 16.9 Å². The number of nitrogens with zero attached hydrogens (tertiary/aromatic N) is 2. The van der Waals surface area contributed by atoms with Crippen LogP contribution in [-0.4, -0.2) is 29.8 Å². The molecule has 2 aromatic rings. The lowest BCUT2D eigenvalue weighted by Gasteiger charge is -2.30. The molecule has 0 bridgehead atoms. The maximum Gasteiger partial charge on any atom is 0.258 e. The highest BCUT2D eigenvalue weighted by Crippen LogP contribution is 2.31. The zero-order valence-corrected chi connectivity index (χ0v) is 19.9. The first-order valence-corrected chi connectivity index (χ1v) is 12.0. The quantitative estimate of drug-likeness (QED) is 0.575. The number of nitrogens with one attached hydrogen (secondary N) is 1. The van der Waals surface area contributed by atoms with Crippen molar-refractivity contribution in [3.8, 4) is 6.07 Å². The number of hydrogen-bond donors (Lipinski definition) is 1. The summed E-state index contributed by atoms with van der Waals surface area (Å²) < 4.78 is 14.4. The minimum atomic E-state index is -0.844. The van der Waals surface area contributed by atoms with E-state index in [2.05, 4.69) is 11.4 Å². The highest BCUT2D eigenvalue weighted by Gasteiger charge is 2.28. The lowest BCUT2D eigenvalue weighted by molar-refractivity contribution is -0.135. The first kappa shape index (κ1) is 24.0. The molecule has 1 N–H and O–H groups in total. The van der Waals surface area contributed by atoms with Crippen LogP contribution in [0.5, 0.6) is 0 Å². The van der Waals surface area contributed by atoms with Gasteiger partial charge in [0.15, 0.2) is 5.82 Å². The molecule has 2 aliphatic rings. The van der Waals surface area contributed by atoms with Gasteiger partial charge in [0.05, 0.1) is 11.1 Å². The molecule has 0 unspecified atom stereocenters. The third-order valence-electron chi connectivity index (χ3n) is 6.81. The molecule has 0 atom stereocenters. The van der Waals surface area contributed by atoms with Crippen molar-refractivity contribution in [3.63, 3.8) is 0 Å². The molecule has 1 saturated carbocycles. The van der Waals surface area contributed by atoms with Gasteiger partial charge in [-0.05, 0) is 68.0 Å². The second kappa shape index (κ2) is 10.4. The van der Waals surface area contributed by atoms with E-state index in [1.165, 1.54) is 23.8 Å². The number of benzene rings is 2. The molecule has 1 aliphatic carbocycles. The number of likely N-dealkylation sites (tertiary alicyclic amines) is 1. The summed E-state index contributed by atoms with van der Waals surface area (Å²) in [6.07, 6.45) is 8.01. The molecular formula is C27H27ClFN3O2. The molecule has 2 aromatic carbocycles. The standard InChI is InChI=1S/C27H27ClFN3O2/c1-17-21(13-18-9-11-32(12-10-18)27(34)19-5-2-3-6-19)14-22(28)15-24(17)31-26(33)23-8-4-7-20(16-30)25(23)29/h4,7-8,13-15,19H,2-3,5-6,9-12H2,1H3,(H,31,33). The Morgan fingerprint density at radius 2 is 1.91 bits per heavy atom. The average Bonchev–Trinajstić information content (AvgIpc) is 3.37. The van der Waals surface area contributed by atoms with E-state index in [0.717, 1.165) is 62.7 Å². The molecule has 0 radical (unpaired) electrons. The van der Waals surface area contributed by atoms with Crippen molar-refractivity contribution in [1.29, 1.82) is 5.26 Å². The fraction of sp³-hybridized carbons (Fsp3) is 0.370. The van der Waals surface area contributed by atoms with Crippen LogP contribution in [0, 0.1) is 30.0 Å². The van der Waals surface area contributed by atoms with Crippen molar-refractivity contribution in [2.24, 2.45) is 5.92 Å². The number of rotatable bonds is 4. The molecule has 2 amide bonds. The van der Waals surface area contributed by atoms with E-state index >= 15 is 0 Å². The van der Waals surface area contributed by atoms with Crippen LogP contribution in [0.2, 0.25) is 5.02 Å². The number of carbonyl (C=O) groups excluding carboxylic acids is 2. The van der Waals surface area contributed by atoms with Crippen molar-refractivity contribution in [1.82, 2.24) is 4.90 Å². The summed E-state index contributed by atoms with van der Waals surface area (Å²) in [5.41, 5.74) is 3.02. The van der Waals surface area contributed by atoms with Crippen LogP contribution in [0.25, 0.3) is 6.08 Å². The van der Waals surface area contributed by atoms with Gasteiger partial charge < -0.3 is 10.2 Å². The van der Waals surface area contributed by atoms with E-state index in [1.807, 2.05) is 17.9 Å². The Labute approximate surface area is 204 Å². The van der Waals surface area contributed by atoms with Crippen LogP contribution in [0.1, 0.15) is 65.6 Å². The molecule has 5 nitrogen and oxygen atoms in total. The van der Waals surface area contributed by atoms with Gasteiger partial charge >= 0.3 is 0 Å². The van der Waals surface area contributed by atoms with Gasteiger partial charge in [-0.25, -0.2) is 4.39 Å². The SMILES string of the molecule is Cc1c(C=C2CCN(C(=O)C3CCCC3)CC2)cc(Cl)cc1NC(=O)c1cccc(C#N)c1F. The van der Waals surface area contributed by atoms with E-state index in [1.54, 1.807) is 12.1 Å². The lowest BCUT2D eigenvalue weighted by Crippen LogP contribution is -2.39. The summed E-state index contributed by atoms with van der Waals surface area (Å²) in [7, 11) is 0. The second-order valence-electron chi connectivity index (χ2n) is 9.01. The number of nitriles is 1. The van der Waals surface area contributed by atoms with Gasteiger partial charge in [0.2, 0.25) is 5.91 Å². The van der Waals surface area contributed by atoms with Gasteiger partial charge in [-0.2, -0.15) is 5.26 Å². The number of halogens is 2. The Hall–Kier alpha value is -3.17. The number of piperidine rings is 1. The molecule has 4 rings (SSSR count). The van der Waals surface area contributed by atoms with Crippen molar-refractivity contribution < 1.29 is 14.0 Å². The minimum absolute atomic E-state index is 0.182. The molecule has 2 fully saturated rings. The van der Waals surface area contributed by atoms with Gasteiger partial charge in [0.1, 0.15) is 6.07 Å². The van der Waals surface area contributed by atoms with Crippen molar-refractivity contribution >= 4 is 35.2 Å². The summed E-state index contributed by atoms with van der Waals surface area (Å²) in [6.45, 7) is 3.32. The van der Waals surface area contributed by atoms with E-state index in [-0.39, 0.29) is 17.0 Å². The van der Waals surface area contributed by atoms with Crippen molar-refractivity contribution in [3.05, 3.63) is 69.0 Å². The maximum atomic E-state index is 14.4. The zero-order chi connectivity index (χ0) is 24.2. The summed E-state index contributed by atoms with van der Waals surface area (Å²) >= 11 is 6.33. The molecule has 0 aromatic heterocycles. The summed E-state index contributed by atoms with van der Waals surface area (Å²) in [5.74, 6) is -0.987. The summed E-state index contributed by atoms with van der Waals surface area (Å²) in [4.78, 5) is 27.4. The summed E-state index contributed by atoms with van der Waals surface area (Å²) in [5, 5.41) is 12.2. The number of amides is 2. The zero-order valence-electron chi connectivity index (χ0n) is 19.2. The Bertz CT molecular complexity index is 1190.